The molecular formula is C12H12BrF3N2O2. The number of halogens is 4. The van der Waals surface area contributed by atoms with Crippen LogP contribution < -0.4 is 5.32 Å². The molecule has 0 radical (unpaired) electrons. The quantitative estimate of drug-likeness (QED) is 0.854. The number of likely N-dealkylation sites (tertiary alicyclic amines) is 1. The van der Waals surface area contributed by atoms with Gasteiger partial charge >= 0.3 is 12.3 Å². The Kier molecular flexibility index (Phi) is 4.12. The van der Waals surface area contributed by atoms with Gasteiger partial charge in [-0.2, -0.15) is 13.2 Å². The fraction of sp³-hybridized carbons (Fsp3) is 0.417. The third kappa shape index (κ3) is 3.56. The first-order valence-corrected chi connectivity index (χ1v) is 6.67. The molecule has 0 spiro atoms. The van der Waals surface area contributed by atoms with E-state index in [0.29, 0.717) is 23.1 Å². The summed E-state index contributed by atoms with van der Waals surface area (Å²) in [5.74, 6) is 0. The van der Waals surface area contributed by atoms with Crippen LogP contribution in [0.5, 0.6) is 0 Å². The van der Waals surface area contributed by atoms with E-state index >= 15 is 0 Å². The van der Waals surface area contributed by atoms with Crippen LogP contribution in [0.15, 0.2) is 22.7 Å². The molecule has 1 atom stereocenters. The summed E-state index contributed by atoms with van der Waals surface area (Å²) in [5.41, 5.74) is -0.425. The van der Waals surface area contributed by atoms with Gasteiger partial charge in [-0.15, -0.1) is 0 Å². The number of nitrogens with zero attached hydrogens (tertiary/aromatic N) is 1. The molecule has 1 amide bonds. The summed E-state index contributed by atoms with van der Waals surface area (Å²) >= 11 is 3.05. The van der Waals surface area contributed by atoms with Crippen LogP contribution in [0.3, 0.4) is 0 Å². The van der Waals surface area contributed by atoms with Gasteiger partial charge in [-0.3, -0.25) is 0 Å². The number of nitrogens with one attached hydrogen (secondary N) is 1. The molecule has 4 nitrogen and oxygen atoms in total. The van der Waals surface area contributed by atoms with Gasteiger partial charge in [-0.05, 0) is 24.6 Å². The number of carbonyl (C=O) groups is 1. The first kappa shape index (κ1) is 15.0. The zero-order chi connectivity index (χ0) is 14.9. The Morgan fingerprint density at radius 3 is 2.65 bits per heavy atom. The molecular weight excluding hydrogens is 341 g/mol. The number of amides is 1. The number of alkyl halides is 3. The highest BCUT2D eigenvalue weighted by molar-refractivity contribution is 9.10. The van der Waals surface area contributed by atoms with Crippen molar-refractivity contribution < 1.29 is 23.1 Å². The van der Waals surface area contributed by atoms with Gasteiger partial charge in [0, 0.05) is 29.3 Å². The molecule has 1 aromatic carbocycles. The van der Waals surface area contributed by atoms with Crippen LogP contribution in [-0.4, -0.2) is 35.2 Å². The standard InChI is InChI=1S/C12H12BrF3N2O2/c13-8-3-7(12(14,15)16)4-10(5-8)17-9-1-2-18(6-9)11(19)20/h3-5,9,17H,1-2,6H2,(H,19,20)/t9-/m0/s1. The highest BCUT2D eigenvalue weighted by Gasteiger charge is 2.32. The summed E-state index contributed by atoms with van der Waals surface area (Å²) in [4.78, 5) is 12.0. The maximum absolute atomic E-state index is 12.7. The molecule has 1 saturated heterocycles. The SMILES string of the molecule is O=C(O)N1CC[C@H](Nc2cc(Br)cc(C(F)(F)F)c2)C1. The Hall–Kier alpha value is -1.44. The molecule has 1 aromatic rings. The Bertz CT molecular complexity index is 522. The van der Waals surface area contributed by atoms with Gasteiger partial charge in [0.05, 0.1) is 5.56 Å². The van der Waals surface area contributed by atoms with Gasteiger partial charge in [-0.25, -0.2) is 4.79 Å². The fourth-order valence-corrected chi connectivity index (χ4v) is 2.62. The van der Waals surface area contributed by atoms with Crippen LogP contribution in [0, 0.1) is 0 Å². The maximum Gasteiger partial charge on any atom is 0.416 e. The highest BCUT2D eigenvalue weighted by Crippen LogP contribution is 2.33. The number of hydrogen-bond acceptors (Lipinski definition) is 2. The van der Waals surface area contributed by atoms with Gasteiger partial charge in [0.1, 0.15) is 0 Å². The van der Waals surface area contributed by atoms with Crippen LogP contribution in [0.25, 0.3) is 0 Å². The molecule has 8 heteroatoms. The number of carboxylic acid groups (broad SMARTS) is 1. The van der Waals surface area contributed by atoms with Crippen LogP contribution >= 0.6 is 15.9 Å². The third-order valence-corrected chi connectivity index (χ3v) is 3.51. The molecule has 0 aliphatic carbocycles. The van der Waals surface area contributed by atoms with E-state index < -0.39 is 17.8 Å². The lowest BCUT2D eigenvalue weighted by Gasteiger charge is -2.17. The van der Waals surface area contributed by atoms with Crippen molar-refractivity contribution in [3.05, 3.63) is 28.2 Å². The van der Waals surface area contributed by atoms with E-state index in [0.717, 1.165) is 12.1 Å². The summed E-state index contributed by atoms with van der Waals surface area (Å²) in [6.45, 7) is 0.649. The van der Waals surface area contributed by atoms with Gasteiger partial charge in [0.15, 0.2) is 0 Å². The van der Waals surface area contributed by atoms with E-state index in [9.17, 15) is 18.0 Å². The van der Waals surface area contributed by atoms with E-state index in [4.69, 9.17) is 5.11 Å². The molecule has 110 valence electrons. The Morgan fingerprint density at radius 2 is 2.10 bits per heavy atom. The van der Waals surface area contributed by atoms with Crippen molar-refractivity contribution in [2.75, 3.05) is 18.4 Å². The van der Waals surface area contributed by atoms with Crippen molar-refractivity contribution in [1.29, 1.82) is 0 Å². The topological polar surface area (TPSA) is 52.6 Å². The minimum atomic E-state index is -4.41. The molecule has 1 heterocycles. The summed E-state index contributed by atoms with van der Waals surface area (Å²) in [5, 5.41) is 11.8. The largest absolute Gasteiger partial charge is 0.465 e. The van der Waals surface area contributed by atoms with Crippen molar-refractivity contribution in [3.63, 3.8) is 0 Å². The monoisotopic (exact) mass is 352 g/mol. The molecule has 1 fully saturated rings. The van der Waals surface area contributed by atoms with E-state index in [1.54, 1.807) is 6.07 Å². The lowest BCUT2D eigenvalue weighted by molar-refractivity contribution is -0.137. The average molecular weight is 353 g/mol. The Labute approximate surface area is 121 Å². The summed E-state index contributed by atoms with van der Waals surface area (Å²) < 4.78 is 38.4. The number of hydrogen-bond donors (Lipinski definition) is 2. The molecule has 2 rings (SSSR count). The zero-order valence-corrected chi connectivity index (χ0v) is 11.8. The van der Waals surface area contributed by atoms with Crippen molar-refractivity contribution in [3.8, 4) is 0 Å². The summed E-state index contributed by atoms with van der Waals surface area (Å²) in [6, 6.07) is 3.39. The third-order valence-electron chi connectivity index (χ3n) is 3.05. The first-order chi connectivity index (χ1) is 9.25. The van der Waals surface area contributed by atoms with Crippen molar-refractivity contribution in [2.24, 2.45) is 0 Å². The average Bonchev–Trinajstić information content (AvgIpc) is 2.75. The fourth-order valence-electron chi connectivity index (χ4n) is 2.12. The summed E-state index contributed by atoms with van der Waals surface area (Å²) in [7, 11) is 0. The molecule has 2 N–H and O–H groups in total. The van der Waals surface area contributed by atoms with E-state index in [2.05, 4.69) is 21.2 Å². The molecule has 0 bridgehead atoms. The molecule has 1 aliphatic rings. The molecule has 0 unspecified atom stereocenters. The first-order valence-electron chi connectivity index (χ1n) is 5.88. The zero-order valence-electron chi connectivity index (χ0n) is 10.2. The second-order valence-corrected chi connectivity index (χ2v) is 5.50. The normalized spacial score (nSPS) is 19.2. The molecule has 0 saturated carbocycles. The van der Waals surface area contributed by atoms with Gasteiger partial charge in [0.25, 0.3) is 0 Å². The van der Waals surface area contributed by atoms with E-state index in [1.165, 1.54) is 4.90 Å². The molecule has 20 heavy (non-hydrogen) atoms. The smallest absolute Gasteiger partial charge is 0.416 e. The van der Waals surface area contributed by atoms with Gasteiger partial charge in [0.2, 0.25) is 0 Å². The van der Waals surface area contributed by atoms with Crippen LogP contribution in [-0.2, 0) is 6.18 Å². The van der Waals surface area contributed by atoms with Crippen molar-refractivity contribution >= 4 is 27.7 Å². The lowest BCUT2D eigenvalue weighted by atomic mass is 10.1. The van der Waals surface area contributed by atoms with Gasteiger partial charge < -0.3 is 15.3 Å². The molecule has 0 aromatic heterocycles. The minimum absolute atomic E-state index is 0.179. The maximum atomic E-state index is 12.7. The second kappa shape index (κ2) is 5.51. The highest BCUT2D eigenvalue weighted by atomic mass is 79.9. The number of benzene rings is 1. The summed E-state index contributed by atoms with van der Waals surface area (Å²) in [6.07, 6.45) is -4.86. The molecule has 1 aliphatic heterocycles. The van der Waals surface area contributed by atoms with Crippen molar-refractivity contribution in [1.82, 2.24) is 4.90 Å². The number of anilines is 1. The Balaban J connectivity index is 2.11. The van der Waals surface area contributed by atoms with Crippen LogP contribution in [0.1, 0.15) is 12.0 Å². The minimum Gasteiger partial charge on any atom is -0.465 e. The number of rotatable bonds is 2. The predicted octanol–water partition coefficient (Wildman–Crippen LogP) is 3.63. The lowest BCUT2D eigenvalue weighted by Crippen LogP contribution is -2.30. The second-order valence-electron chi connectivity index (χ2n) is 4.58. The van der Waals surface area contributed by atoms with E-state index in [1.807, 2.05) is 0 Å². The van der Waals surface area contributed by atoms with Crippen molar-refractivity contribution in [2.45, 2.75) is 18.6 Å². The van der Waals surface area contributed by atoms with Crippen LogP contribution in [0.4, 0.5) is 23.7 Å². The van der Waals surface area contributed by atoms with Gasteiger partial charge in [-0.1, -0.05) is 15.9 Å². The van der Waals surface area contributed by atoms with Crippen LogP contribution in [0.2, 0.25) is 0 Å². The van der Waals surface area contributed by atoms with E-state index in [-0.39, 0.29) is 12.6 Å². The predicted molar refractivity (Wildman–Crippen MR) is 70.8 cm³/mol. The Morgan fingerprint density at radius 1 is 1.40 bits per heavy atom.